The molecule has 1 fully saturated rings. The van der Waals surface area contributed by atoms with Crippen LogP contribution in [0.25, 0.3) is 0 Å². The van der Waals surface area contributed by atoms with Gasteiger partial charge < -0.3 is 10.7 Å². The highest BCUT2D eigenvalue weighted by molar-refractivity contribution is 5.80. The molecule has 58 valence electrons. The number of primary amides is 1. The van der Waals surface area contributed by atoms with Gasteiger partial charge >= 0.3 is 0 Å². The lowest BCUT2D eigenvalue weighted by Gasteiger charge is -1.88. The van der Waals surface area contributed by atoms with E-state index in [1.807, 2.05) is 6.20 Å². The van der Waals surface area contributed by atoms with E-state index in [4.69, 9.17) is 5.73 Å². The van der Waals surface area contributed by atoms with E-state index in [0.29, 0.717) is 0 Å². The highest BCUT2D eigenvalue weighted by Gasteiger charge is 2.43. The smallest absolute Gasteiger partial charge is 0.221 e. The number of hydrogen-bond donors (Lipinski definition) is 2. The summed E-state index contributed by atoms with van der Waals surface area (Å²) in [4.78, 5) is 17.5. The predicted octanol–water partition coefficient (Wildman–Crippen LogP) is -0.00150. The van der Waals surface area contributed by atoms with Crippen LogP contribution in [-0.4, -0.2) is 15.9 Å². The van der Waals surface area contributed by atoms with Crippen molar-refractivity contribution >= 4 is 5.91 Å². The molecule has 1 saturated carbocycles. The fraction of sp³-hybridized carbons (Fsp3) is 0.429. The standard InChI is InChI=1S/C7H9N3O/c8-7(11)5-1-4(5)6-2-9-3-10-6/h2-5H,1H2,(H2,8,11)(H,9,10). The molecule has 1 aromatic rings. The number of amides is 1. The van der Waals surface area contributed by atoms with Gasteiger partial charge in [-0.3, -0.25) is 4.79 Å². The molecule has 0 radical (unpaired) electrons. The third-order valence-electron chi connectivity index (χ3n) is 2.06. The normalized spacial score (nSPS) is 28.4. The summed E-state index contributed by atoms with van der Waals surface area (Å²) in [5.41, 5.74) is 6.07. The summed E-state index contributed by atoms with van der Waals surface area (Å²) in [6, 6.07) is 0. The van der Waals surface area contributed by atoms with E-state index in [0.717, 1.165) is 12.1 Å². The molecule has 0 saturated heterocycles. The first kappa shape index (κ1) is 6.39. The van der Waals surface area contributed by atoms with Gasteiger partial charge in [0, 0.05) is 18.0 Å². The maximum atomic E-state index is 10.7. The second-order valence-electron chi connectivity index (χ2n) is 2.85. The van der Waals surface area contributed by atoms with Crippen molar-refractivity contribution in [2.45, 2.75) is 12.3 Å². The fourth-order valence-electron chi connectivity index (χ4n) is 1.31. The summed E-state index contributed by atoms with van der Waals surface area (Å²) in [6.07, 6.45) is 4.29. The maximum Gasteiger partial charge on any atom is 0.221 e. The molecule has 4 heteroatoms. The molecule has 1 heterocycles. The van der Waals surface area contributed by atoms with Crippen molar-refractivity contribution in [1.29, 1.82) is 0 Å². The minimum Gasteiger partial charge on any atom is -0.369 e. The molecule has 1 amide bonds. The van der Waals surface area contributed by atoms with Crippen molar-refractivity contribution in [3.63, 3.8) is 0 Å². The van der Waals surface area contributed by atoms with Crippen LogP contribution in [-0.2, 0) is 4.79 Å². The van der Waals surface area contributed by atoms with Crippen LogP contribution in [0.4, 0.5) is 0 Å². The Kier molecular flexibility index (Phi) is 1.21. The number of aromatic amines is 1. The summed E-state index contributed by atoms with van der Waals surface area (Å²) in [7, 11) is 0. The van der Waals surface area contributed by atoms with E-state index >= 15 is 0 Å². The third-order valence-corrected chi connectivity index (χ3v) is 2.06. The molecule has 2 rings (SSSR count). The first-order chi connectivity index (χ1) is 5.29. The minimum absolute atomic E-state index is 0.0262. The Morgan fingerprint density at radius 1 is 1.82 bits per heavy atom. The van der Waals surface area contributed by atoms with Gasteiger partial charge in [0.1, 0.15) is 0 Å². The summed E-state index contributed by atoms with van der Waals surface area (Å²) in [5, 5.41) is 0. The first-order valence-corrected chi connectivity index (χ1v) is 3.57. The highest BCUT2D eigenvalue weighted by Crippen LogP contribution is 2.45. The van der Waals surface area contributed by atoms with E-state index < -0.39 is 0 Å². The molecule has 3 N–H and O–H groups in total. The Balaban J connectivity index is 2.08. The number of rotatable bonds is 2. The van der Waals surface area contributed by atoms with Crippen LogP contribution in [0, 0.1) is 5.92 Å². The molecule has 0 aromatic carbocycles. The summed E-state index contributed by atoms with van der Waals surface area (Å²) in [6.45, 7) is 0. The maximum absolute atomic E-state index is 10.7. The second-order valence-corrected chi connectivity index (χ2v) is 2.85. The lowest BCUT2D eigenvalue weighted by molar-refractivity contribution is -0.119. The number of carbonyl (C=O) groups excluding carboxylic acids is 1. The van der Waals surface area contributed by atoms with Gasteiger partial charge in [0.15, 0.2) is 0 Å². The second kappa shape index (κ2) is 2.08. The zero-order valence-electron chi connectivity index (χ0n) is 5.95. The van der Waals surface area contributed by atoms with E-state index in [9.17, 15) is 4.79 Å². The molecule has 1 aliphatic carbocycles. The Hall–Kier alpha value is -1.32. The van der Waals surface area contributed by atoms with Gasteiger partial charge in [-0.05, 0) is 6.42 Å². The largest absolute Gasteiger partial charge is 0.369 e. The fourth-order valence-corrected chi connectivity index (χ4v) is 1.31. The van der Waals surface area contributed by atoms with Gasteiger partial charge in [0.05, 0.1) is 12.0 Å². The van der Waals surface area contributed by atoms with Crippen molar-refractivity contribution < 1.29 is 4.79 Å². The van der Waals surface area contributed by atoms with Crippen LogP contribution >= 0.6 is 0 Å². The van der Waals surface area contributed by atoms with Crippen molar-refractivity contribution in [2.24, 2.45) is 11.7 Å². The van der Waals surface area contributed by atoms with Crippen LogP contribution in [0.2, 0.25) is 0 Å². The average molecular weight is 151 g/mol. The molecule has 2 atom stereocenters. The number of imidazole rings is 1. The summed E-state index contributed by atoms with van der Waals surface area (Å²) in [5.74, 6) is 0.0926. The number of hydrogen-bond acceptors (Lipinski definition) is 2. The van der Waals surface area contributed by atoms with Crippen LogP contribution in [0.15, 0.2) is 12.5 Å². The number of carbonyl (C=O) groups is 1. The SMILES string of the molecule is NC(=O)C1CC1c1c[nH]cn1. The predicted molar refractivity (Wildman–Crippen MR) is 38.6 cm³/mol. The Bertz CT molecular complexity index is 267. The van der Waals surface area contributed by atoms with Crippen LogP contribution < -0.4 is 5.73 Å². The molecule has 0 bridgehead atoms. The third kappa shape index (κ3) is 1.00. The molecule has 11 heavy (non-hydrogen) atoms. The van der Waals surface area contributed by atoms with E-state index in [-0.39, 0.29) is 17.7 Å². The van der Waals surface area contributed by atoms with Crippen LogP contribution in [0.5, 0.6) is 0 Å². The van der Waals surface area contributed by atoms with Crippen molar-refractivity contribution in [3.8, 4) is 0 Å². The lowest BCUT2D eigenvalue weighted by Crippen LogP contribution is -2.13. The highest BCUT2D eigenvalue weighted by atomic mass is 16.1. The minimum atomic E-state index is -0.210. The van der Waals surface area contributed by atoms with Gasteiger partial charge in [-0.1, -0.05) is 0 Å². The molecule has 1 aromatic heterocycles. The van der Waals surface area contributed by atoms with Gasteiger partial charge in [-0.2, -0.15) is 0 Å². The van der Waals surface area contributed by atoms with Crippen molar-refractivity contribution in [1.82, 2.24) is 9.97 Å². The van der Waals surface area contributed by atoms with Gasteiger partial charge in [0.2, 0.25) is 5.91 Å². The number of nitrogens with one attached hydrogen (secondary N) is 1. The zero-order chi connectivity index (χ0) is 7.84. The number of nitrogens with two attached hydrogens (primary N) is 1. The molecular formula is C7H9N3O. The number of nitrogens with zero attached hydrogens (tertiary/aromatic N) is 1. The van der Waals surface area contributed by atoms with Crippen molar-refractivity contribution in [2.75, 3.05) is 0 Å². The Labute approximate surface area is 63.8 Å². The zero-order valence-corrected chi connectivity index (χ0v) is 5.95. The number of aromatic nitrogens is 2. The average Bonchev–Trinajstić information content (AvgIpc) is 2.60. The van der Waals surface area contributed by atoms with E-state index in [2.05, 4.69) is 9.97 Å². The van der Waals surface area contributed by atoms with Crippen LogP contribution in [0.1, 0.15) is 18.0 Å². The molecule has 4 nitrogen and oxygen atoms in total. The first-order valence-electron chi connectivity index (χ1n) is 3.57. The van der Waals surface area contributed by atoms with Crippen LogP contribution in [0.3, 0.4) is 0 Å². The molecule has 0 spiro atoms. The Morgan fingerprint density at radius 3 is 3.09 bits per heavy atom. The van der Waals surface area contributed by atoms with Gasteiger partial charge in [-0.15, -0.1) is 0 Å². The summed E-state index contributed by atoms with van der Waals surface area (Å²) < 4.78 is 0. The molecule has 0 aliphatic heterocycles. The molecular weight excluding hydrogens is 142 g/mol. The van der Waals surface area contributed by atoms with E-state index in [1.54, 1.807) is 6.33 Å². The molecule has 2 unspecified atom stereocenters. The lowest BCUT2D eigenvalue weighted by atomic mass is 10.2. The monoisotopic (exact) mass is 151 g/mol. The van der Waals surface area contributed by atoms with Crippen molar-refractivity contribution in [3.05, 3.63) is 18.2 Å². The topological polar surface area (TPSA) is 71.8 Å². The Morgan fingerprint density at radius 2 is 2.64 bits per heavy atom. The number of H-pyrrole nitrogens is 1. The van der Waals surface area contributed by atoms with E-state index in [1.165, 1.54) is 0 Å². The molecule has 1 aliphatic rings. The van der Waals surface area contributed by atoms with Gasteiger partial charge in [0.25, 0.3) is 0 Å². The quantitative estimate of drug-likeness (QED) is 0.624. The van der Waals surface area contributed by atoms with Gasteiger partial charge in [-0.25, -0.2) is 4.98 Å². The summed E-state index contributed by atoms with van der Waals surface area (Å²) >= 11 is 0.